The van der Waals surface area contributed by atoms with Crippen LogP contribution in [0.1, 0.15) is 6.42 Å². The van der Waals surface area contributed by atoms with E-state index in [9.17, 15) is 9.90 Å². The third kappa shape index (κ3) is 4.18. The maximum atomic E-state index is 11.4. The van der Waals surface area contributed by atoms with Gasteiger partial charge in [-0.2, -0.15) is 0 Å². The van der Waals surface area contributed by atoms with Gasteiger partial charge >= 0.3 is 5.97 Å². The van der Waals surface area contributed by atoms with Crippen LogP contribution in [0.25, 0.3) is 0 Å². The van der Waals surface area contributed by atoms with Crippen molar-refractivity contribution >= 4 is 29.1 Å². The Bertz CT molecular complexity index is 695. The molecule has 1 N–H and O–H groups in total. The van der Waals surface area contributed by atoms with Gasteiger partial charge in [-0.25, -0.2) is 0 Å². The summed E-state index contributed by atoms with van der Waals surface area (Å²) in [5, 5.41) is 13.0. The van der Waals surface area contributed by atoms with Crippen LogP contribution in [0.15, 0.2) is 91.0 Å². The monoisotopic (exact) mass is 414 g/mol. The van der Waals surface area contributed by atoms with E-state index in [0.29, 0.717) is 6.16 Å². The standard InChI is InChI=1S/C21H19O2P.BrH/c22-21(23)16-17-24(18-10-4-1-5-11-18,19-12-6-2-7-13-19)20-14-8-3-9-15-20;/h1-15H,16-17H2;1H. The fourth-order valence-electron chi connectivity index (χ4n) is 3.15. The largest absolute Gasteiger partial charge is 1.00 e. The van der Waals surface area contributed by atoms with Crippen LogP contribution in [-0.2, 0) is 4.79 Å². The van der Waals surface area contributed by atoms with Gasteiger partial charge in [-0.15, -0.1) is 0 Å². The molecule has 25 heavy (non-hydrogen) atoms. The number of carboxylic acids is 1. The fraction of sp³-hybridized carbons (Fsp3) is 0.0952. The van der Waals surface area contributed by atoms with Crippen molar-refractivity contribution in [2.75, 3.05) is 6.16 Å². The molecule has 0 saturated carbocycles. The summed E-state index contributed by atoms with van der Waals surface area (Å²) in [4.78, 5) is 11.4. The Morgan fingerprint density at radius 3 is 1.28 bits per heavy atom. The van der Waals surface area contributed by atoms with Crippen molar-refractivity contribution in [3.05, 3.63) is 91.0 Å². The van der Waals surface area contributed by atoms with Gasteiger partial charge in [0.1, 0.15) is 23.2 Å². The first-order chi connectivity index (χ1) is 11.7. The number of carboxylic acid groups (broad SMARTS) is 1. The first-order valence-corrected chi connectivity index (χ1v) is 9.97. The summed E-state index contributed by atoms with van der Waals surface area (Å²) in [5.74, 6) is -0.748. The van der Waals surface area contributed by atoms with Crippen molar-refractivity contribution < 1.29 is 26.9 Å². The minimum Gasteiger partial charge on any atom is -1.00 e. The molecular formula is C21H20BrO2P. The Hall–Kier alpha value is -1.96. The molecule has 0 saturated heterocycles. The lowest BCUT2D eigenvalue weighted by molar-refractivity contribution is -0.136. The molecule has 4 heteroatoms. The van der Waals surface area contributed by atoms with Crippen LogP contribution in [-0.4, -0.2) is 17.2 Å². The van der Waals surface area contributed by atoms with E-state index in [2.05, 4.69) is 36.4 Å². The van der Waals surface area contributed by atoms with Crippen LogP contribution in [0.2, 0.25) is 0 Å². The van der Waals surface area contributed by atoms with Gasteiger partial charge in [0.2, 0.25) is 0 Å². The van der Waals surface area contributed by atoms with Crippen molar-refractivity contribution in [1.82, 2.24) is 0 Å². The summed E-state index contributed by atoms with van der Waals surface area (Å²) in [6, 6.07) is 31.1. The molecule has 0 aliphatic carbocycles. The number of halogens is 1. The molecule has 0 aromatic heterocycles. The molecule has 0 aliphatic heterocycles. The van der Waals surface area contributed by atoms with Gasteiger partial charge in [0.25, 0.3) is 0 Å². The van der Waals surface area contributed by atoms with E-state index in [1.807, 2.05) is 54.6 Å². The van der Waals surface area contributed by atoms with Crippen molar-refractivity contribution in [1.29, 1.82) is 0 Å². The maximum Gasteiger partial charge on any atom is 0.307 e. The number of hydrogen-bond donors (Lipinski definition) is 1. The highest BCUT2D eigenvalue weighted by atomic mass is 79.9. The normalized spacial score (nSPS) is 10.7. The Balaban J connectivity index is 0.00000225. The summed E-state index contributed by atoms with van der Waals surface area (Å²) < 4.78 is 0. The zero-order valence-electron chi connectivity index (χ0n) is 13.8. The zero-order valence-corrected chi connectivity index (χ0v) is 16.2. The van der Waals surface area contributed by atoms with E-state index >= 15 is 0 Å². The maximum absolute atomic E-state index is 11.4. The molecule has 0 spiro atoms. The number of carbonyl (C=O) groups is 1. The molecule has 128 valence electrons. The highest BCUT2D eigenvalue weighted by Gasteiger charge is 2.45. The third-order valence-corrected chi connectivity index (χ3v) is 8.69. The fourth-order valence-corrected chi connectivity index (χ4v) is 7.38. The molecule has 0 heterocycles. The van der Waals surface area contributed by atoms with Crippen molar-refractivity contribution in [2.45, 2.75) is 6.42 Å². The first-order valence-electron chi connectivity index (χ1n) is 8.00. The molecule has 0 amide bonds. The first kappa shape index (κ1) is 19.4. The van der Waals surface area contributed by atoms with E-state index in [-0.39, 0.29) is 23.4 Å². The van der Waals surface area contributed by atoms with Crippen LogP contribution in [0.4, 0.5) is 0 Å². The average Bonchev–Trinajstić information content (AvgIpc) is 2.65. The number of benzene rings is 3. The van der Waals surface area contributed by atoms with E-state index in [1.165, 1.54) is 15.9 Å². The van der Waals surface area contributed by atoms with Gasteiger partial charge < -0.3 is 22.1 Å². The predicted octanol–water partition coefficient (Wildman–Crippen LogP) is 0.459. The molecule has 3 aromatic rings. The van der Waals surface area contributed by atoms with Gasteiger partial charge in [-0.05, 0) is 36.4 Å². The Kier molecular flexibility index (Phi) is 6.92. The summed E-state index contributed by atoms with van der Waals surface area (Å²) in [6.45, 7) is 0. The summed E-state index contributed by atoms with van der Waals surface area (Å²) in [7, 11) is -1.99. The molecule has 2 nitrogen and oxygen atoms in total. The lowest BCUT2D eigenvalue weighted by Gasteiger charge is -2.27. The zero-order chi connectivity index (χ0) is 16.8. The second-order valence-electron chi connectivity index (χ2n) is 5.68. The topological polar surface area (TPSA) is 37.3 Å². The predicted molar refractivity (Wildman–Crippen MR) is 102 cm³/mol. The molecule has 0 unspecified atom stereocenters. The average molecular weight is 415 g/mol. The second-order valence-corrected chi connectivity index (χ2v) is 9.30. The van der Waals surface area contributed by atoms with Gasteiger partial charge in [-0.1, -0.05) is 54.6 Å². The summed E-state index contributed by atoms with van der Waals surface area (Å²) in [6.07, 6.45) is 0.785. The number of hydrogen-bond acceptors (Lipinski definition) is 1. The number of aliphatic carboxylic acids is 1. The Morgan fingerprint density at radius 2 is 1.00 bits per heavy atom. The minimum atomic E-state index is -1.99. The van der Waals surface area contributed by atoms with E-state index < -0.39 is 13.2 Å². The van der Waals surface area contributed by atoms with Crippen LogP contribution in [0.5, 0.6) is 0 Å². The van der Waals surface area contributed by atoms with Crippen LogP contribution < -0.4 is 32.9 Å². The van der Waals surface area contributed by atoms with E-state index in [4.69, 9.17) is 0 Å². The highest BCUT2D eigenvalue weighted by Crippen LogP contribution is 2.55. The minimum absolute atomic E-state index is 0. The molecule has 0 bridgehead atoms. The Labute approximate surface area is 159 Å². The van der Waals surface area contributed by atoms with Crippen LogP contribution in [0, 0.1) is 0 Å². The molecule has 3 rings (SSSR count). The van der Waals surface area contributed by atoms with Gasteiger partial charge in [0.15, 0.2) is 0 Å². The van der Waals surface area contributed by atoms with Crippen LogP contribution >= 0.6 is 7.26 Å². The smallest absolute Gasteiger partial charge is 0.307 e. The molecule has 3 aromatic carbocycles. The Morgan fingerprint density at radius 1 is 0.680 bits per heavy atom. The van der Waals surface area contributed by atoms with Crippen molar-refractivity contribution in [3.63, 3.8) is 0 Å². The summed E-state index contributed by atoms with van der Waals surface area (Å²) >= 11 is 0. The molecule has 0 radical (unpaired) electrons. The number of rotatable bonds is 6. The molecule has 0 fully saturated rings. The van der Waals surface area contributed by atoms with Crippen LogP contribution in [0.3, 0.4) is 0 Å². The van der Waals surface area contributed by atoms with Gasteiger partial charge in [0, 0.05) is 0 Å². The van der Waals surface area contributed by atoms with Crippen molar-refractivity contribution in [3.8, 4) is 0 Å². The summed E-state index contributed by atoms with van der Waals surface area (Å²) in [5.41, 5.74) is 0. The molecular weight excluding hydrogens is 395 g/mol. The molecule has 0 atom stereocenters. The van der Waals surface area contributed by atoms with Crippen molar-refractivity contribution in [2.24, 2.45) is 0 Å². The molecule has 0 aliphatic rings. The van der Waals surface area contributed by atoms with Gasteiger partial charge in [-0.3, -0.25) is 4.79 Å². The quantitative estimate of drug-likeness (QED) is 0.595. The highest BCUT2D eigenvalue weighted by molar-refractivity contribution is 7.95. The SMILES string of the molecule is O=C(O)CC[P+](c1ccccc1)(c1ccccc1)c1ccccc1.[Br-]. The van der Waals surface area contributed by atoms with E-state index in [0.717, 1.165) is 0 Å². The second kappa shape index (κ2) is 8.94. The van der Waals surface area contributed by atoms with E-state index in [1.54, 1.807) is 0 Å². The lowest BCUT2D eigenvalue weighted by Crippen LogP contribution is -3.00. The third-order valence-electron chi connectivity index (χ3n) is 4.25. The van der Waals surface area contributed by atoms with Gasteiger partial charge in [0.05, 0.1) is 12.6 Å². The lowest BCUT2D eigenvalue weighted by atomic mass is 10.4.